The Morgan fingerprint density at radius 1 is 1.30 bits per heavy atom. The third kappa shape index (κ3) is 3.17. The van der Waals surface area contributed by atoms with Gasteiger partial charge in [-0.2, -0.15) is 0 Å². The van der Waals surface area contributed by atoms with Gasteiger partial charge in [0, 0.05) is 18.6 Å². The zero-order valence-electron chi connectivity index (χ0n) is 12.9. The summed E-state index contributed by atoms with van der Waals surface area (Å²) in [5.41, 5.74) is -0.403. The lowest BCUT2D eigenvalue weighted by Gasteiger charge is -2.30. The maximum atomic E-state index is 12.4. The highest BCUT2D eigenvalue weighted by Gasteiger charge is 2.50. The Morgan fingerprint density at radius 3 is 2.65 bits per heavy atom. The third-order valence-corrected chi connectivity index (χ3v) is 5.08. The van der Waals surface area contributed by atoms with Crippen LogP contribution in [0, 0.1) is 5.92 Å². The number of carbonyl (C=O) groups excluding carboxylic acids is 1. The second kappa shape index (κ2) is 5.64. The molecule has 0 aliphatic heterocycles. The van der Waals surface area contributed by atoms with E-state index in [1.165, 1.54) is 32.2 Å². The first kappa shape index (κ1) is 14.3. The van der Waals surface area contributed by atoms with E-state index in [4.69, 9.17) is 4.74 Å². The molecule has 2 atom stereocenters. The zero-order chi connectivity index (χ0) is 14.2. The van der Waals surface area contributed by atoms with Gasteiger partial charge in [-0.1, -0.05) is 0 Å². The molecule has 3 aliphatic rings. The van der Waals surface area contributed by atoms with Gasteiger partial charge in [-0.15, -0.1) is 0 Å². The van der Waals surface area contributed by atoms with E-state index in [9.17, 15) is 4.79 Å². The number of ether oxygens (including phenoxy) is 1. The maximum absolute atomic E-state index is 12.4. The SMILES string of the molecule is CCOC(=O)C1(NC2CC2)CCC(N(C)CC2CC2)C1. The summed E-state index contributed by atoms with van der Waals surface area (Å²) in [6, 6.07) is 1.08. The Morgan fingerprint density at radius 2 is 2.05 bits per heavy atom. The lowest BCUT2D eigenvalue weighted by Crippen LogP contribution is -2.53. The quantitative estimate of drug-likeness (QED) is 0.724. The molecule has 3 fully saturated rings. The summed E-state index contributed by atoms with van der Waals surface area (Å²) in [4.78, 5) is 14.9. The van der Waals surface area contributed by atoms with Crippen LogP contribution >= 0.6 is 0 Å². The van der Waals surface area contributed by atoms with Gasteiger partial charge in [0.2, 0.25) is 0 Å². The van der Waals surface area contributed by atoms with Crippen LogP contribution in [0.5, 0.6) is 0 Å². The average Bonchev–Trinajstić information content (AvgIpc) is 3.32. The molecule has 1 N–H and O–H groups in total. The molecule has 0 radical (unpaired) electrons. The van der Waals surface area contributed by atoms with Crippen LogP contribution in [0.15, 0.2) is 0 Å². The van der Waals surface area contributed by atoms with Gasteiger partial charge in [-0.25, -0.2) is 0 Å². The first-order chi connectivity index (χ1) is 9.63. The summed E-state index contributed by atoms with van der Waals surface area (Å²) in [5, 5.41) is 3.60. The minimum Gasteiger partial charge on any atom is -0.465 e. The molecule has 0 heterocycles. The summed E-state index contributed by atoms with van der Waals surface area (Å²) >= 11 is 0. The number of hydrogen-bond acceptors (Lipinski definition) is 4. The van der Waals surface area contributed by atoms with E-state index < -0.39 is 5.54 Å². The van der Waals surface area contributed by atoms with Crippen LogP contribution in [0.3, 0.4) is 0 Å². The van der Waals surface area contributed by atoms with Gasteiger partial charge in [0.05, 0.1) is 6.61 Å². The molecule has 3 rings (SSSR count). The van der Waals surface area contributed by atoms with Crippen molar-refractivity contribution < 1.29 is 9.53 Å². The van der Waals surface area contributed by atoms with E-state index in [-0.39, 0.29) is 5.97 Å². The second-order valence-electron chi connectivity index (χ2n) is 7.00. The Bertz CT molecular complexity index is 365. The van der Waals surface area contributed by atoms with Crippen molar-refractivity contribution in [3.8, 4) is 0 Å². The lowest BCUT2D eigenvalue weighted by atomic mass is 9.96. The van der Waals surface area contributed by atoms with E-state index in [1.807, 2.05) is 6.92 Å². The van der Waals surface area contributed by atoms with Crippen molar-refractivity contribution in [2.45, 2.75) is 69.5 Å². The smallest absolute Gasteiger partial charge is 0.326 e. The number of nitrogens with zero attached hydrogens (tertiary/aromatic N) is 1. The number of carbonyl (C=O) groups is 1. The molecule has 0 aromatic rings. The fourth-order valence-electron chi connectivity index (χ4n) is 3.52. The summed E-state index contributed by atoms with van der Waals surface area (Å²) in [5.74, 6) is 0.892. The van der Waals surface area contributed by atoms with Crippen molar-refractivity contribution in [3.05, 3.63) is 0 Å². The molecule has 0 bridgehead atoms. The molecular formula is C16H28N2O2. The van der Waals surface area contributed by atoms with Crippen LogP contribution in [0.25, 0.3) is 0 Å². The van der Waals surface area contributed by atoms with E-state index in [0.29, 0.717) is 18.7 Å². The first-order valence-corrected chi connectivity index (χ1v) is 8.28. The lowest BCUT2D eigenvalue weighted by molar-refractivity contribution is -0.151. The molecule has 2 unspecified atom stereocenters. The molecular weight excluding hydrogens is 252 g/mol. The van der Waals surface area contributed by atoms with Gasteiger partial charge >= 0.3 is 5.97 Å². The normalized spacial score (nSPS) is 33.6. The molecule has 0 aromatic carbocycles. The Labute approximate surface area is 122 Å². The number of nitrogens with one attached hydrogen (secondary N) is 1. The van der Waals surface area contributed by atoms with Gasteiger partial charge in [0.25, 0.3) is 0 Å². The second-order valence-corrected chi connectivity index (χ2v) is 7.00. The molecule has 0 aromatic heterocycles. The predicted octanol–water partition coefficient (Wildman–Crippen LogP) is 1.93. The standard InChI is InChI=1S/C16H28N2O2/c1-3-20-15(19)16(17-13-6-7-13)9-8-14(10-16)18(2)11-12-4-5-12/h12-14,17H,3-11H2,1-2H3. The van der Waals surface area contributed by atoms with Crippen LogP contribution in [0.1, 0.15) is 51.9 Å². The van der Waals surface area contributed by atoms with Crippen LogP contribution in [-0.2, 0) is 9.53 Å². The number of hydrogen-bond donors (Lipinski definition) is 1. The van der Waals surface area contributed by atoms with Crippen molar-refractivity contribution in [2.24, 2.45) is 5.92 Å². The fraction of sp³-hybridized carbons (Fsp3) is 0.938. The number of rotatable bonds is 7. The van der Waals surface area contributed by atoms with Crippen LogP contribution < -0.4 is 5.32 Å². The average molecular weight is 280 g/mol. The Kier molecular flexibility index (Phi) is 4.04. The summed E-state index contributed by atoms with van der Waals surface area (Å²) < 4.78 is 5.36. The Balaban J connectivity index is 1.62. The fourth-order valence-corrected chi connectivity index (χ4v) is 3.52. The van der Waals surface area contributed by atoms with Crippen molar-refractivity contribution in [1.29, 1.82) is 0 Å². The van der Waals surface area contributed by atoms with Crippen molar-refractivity contribution in [2.75, 3.05) is 20.2 Å². The Hall–Kier alpha value is -0.610. The van der Waals surface area contributed by atoms with E-state index in [2.05, 4.69) is 17.3 Å². The summed E-state index contributed by atoms with van der Waals surface area (Å²) in [6.45, 7) is 3.58. The molecule has 114 valence electrons. The van der Waals surface area contributed by atoms with Gasteiger partial charge in [0.15, 0.2) is 0 Å². The molecule has 3 aliphatic carbocycles. The maximum Gasteiger partial charge on any atom is 0.326 e. The van der Waals surface area contributed by atoms with E-state index >= 15 is 0 Å². The molecule has 20 heavy (non-hydrogen) atoms. The molecule has 0 saturated heterocycles. The minimum absolute atomic E-state index is 0.0192. The summed E-state index contributed by atoms with van der Waals surface area (Å²) in [7, 11) is 2.22. The molecule has 3 saturated carbocycles. The van der Waals surface area contributed by atoms with Gasteiger partial charge in [0.1, 0.15) is 5.54 Å². The first-order valence-electron chi connectivity index (χ1n) is 8.28. The molecule has 4 heteroatoms. The highest BCUT2D eigenvalue weighted by Crippen LogP contribution is 2.38. The van der Waals surface area contributed by atoms with E-state index in [0.717, 1.165) is 25.2 Å². The molecule has 0 amide bonds. The van der Waals surface area contributed by atoms with Crippen molar-refractivity contribution in [1.82, 2.24) is 10.2 Å². The van der Waals surface area contributed by atoms with Crippen molar-refractivity contribution in [3.63, 3.8) is 0 Å². The van der Waals surface area contributed by atoms with Crippen LogP contribution in [0.2, 0.25) is 0 Å². The molecule has 0 spiro atoms. The van der Waals surface area contributed by atoms with Gasteiger partial charge in [-0.3, -0.25) is 10.1 Å². The van der Waals surface area contributed by atoms with Gasteiger partial charge < -0.3 is 9.64 Å². The summed E-state index contributed by atoms with van der Waals surface area (Å²) in [6.07, 6.45) is 8.17. The topological polar surface area (TPSA) is 41.6 Å². The predicted molar refractivity (Wildman–Crippen MR) is 78.5 cm³/mol. The third-order valence-electron chi connectivity index (χ3n) is 5.08. The van der Waals surface area contributed by atoms with Crippen molar-refractivity contribution >= 4 is 5.97 Å². The van der Waals surface area contributed by atoms with Crippen LogP contribution in [-0.4, -0.2) is 48.7 Å². The molecule has 4 nitrogen and oxygen atoms in total. The van der Waals surface area contributed by atoms with E-state index in [1.54, 1.807) is 0 Å². The van der Waals surface area contributed by atoms with Gasteiger partial charge in [-0.05, 0) is 64.8 Å². The van der Waals surface area contributed by atoms with Crippen LogP contribution in [0.4, 0.5) is 0 Å². The largest absolute Gasteiger partial charge is 0.465 e. The highest BCUT2D eigenvalue weighted by molar-refractivity contribution is 5.81. The monoisotopic (exact) mass is 280 g/mol. The number of esters is 1. The minimum atomic E-state index is -0.403. The highest BCUT2D eigenvalue weighted by atomic mass is 16.5. The zero-order valence-corrected chi connectivity index (χ0v) is 12.9.